The van der Waals surface area contributed by atoms with Crippen molar-refractivity contribution < 1.29 is 28.7 Å². The molecule has 0 fully saturated rings. The molecule has 2 aromatic carbocycles. The lowest BCUT2D eigenvalue weighted by Crippen LogP contribution is -2.29. The van der Waals surface area contributed by atoms with E-state index in [0.717, 1.165) is 6.08 Å². The first-order valence-corrected chi connectivity index (χ1v) is 8.51. The number of amides is 1. The Morgan fingerprint density at radius 1 is 1.10 bits per heavy atom. The van der Waals surface area contributed by atoms with Gasteiger partial charge in [-0.15, -0.1) is 0 Å². The lowest BCUT2D eigenvalue weighted by Gasteiger charge is -2.12. The van der Waals surface area contributed by atoms with Crippen LogP contribution in [0, 0.1) is 10.1 Å². The number of nitro groups is 1. The molecule has 0 aromatic heterocycles. The number of nitrogens with zero attached hydrogens (tertiary/aromatic N) is 1. The third kappa shape index (κ3) is 5.55. The van der Waals surface area contributed by atoms with Crippen molar-refractivity contribution in [2.45, 2.75) is 13.0 Å². The average Bonchev–Trinajstić information content (AvgIpc) is 2.71. The van der Waals surface area contributed by atoms with Crippen molar-refractivity contribution in [1.29, 1.82) is 0 Å². The molecule has 2 rings (SSSR count). The van der Waals surface area contributed by atoms with Crippen LogP contribution in [0.25, 0.3) is 6.08 Å². The number of anilines is 1. The number of esters is 1. The van der Waals surface area contributed by atoms with Crippen LogP contribution < -0.4 is 14.8 Å². The Hall–Kier alpha value is -3.88. The minimum absolute atomic E-state index is 0.0158. The van der Waals surface area contributed by atoms with E-state index in [4.69, 9.17) is 14.2 Å². The van der Waals surface area contributed by atoms with E-state index < -0.39 is 22.9 Å². The van der Waals surface area contributed by atoms with Crippen molar-refractivity contribution in [1.82, 2.24) is 0 Å². The summed E-state index contributed by atoms with van der Waals surface area (Å²) in [5, 5.41) is 13.4. The third-order valence-electron chi connectivity index (χ3n) is 3.85. The summed E-state index contributed by atoms with van der Waals surface area (Å²) in [4.78, 5) is 34.6. The van der Waals surface area contributed by atoms with Crippen LogP contribution in [0.5, 0.6) is 11.5 Å². The maximum absolute atomic E-state index is 12.2. The van der Waals surface area contributed by atoms with Crippen LogP contribution in [-0.2, 0) is 14.3 Å². The van der Waals surface area contributed by atoms with Crippen LogP contribution in [0.2, 0.25) is 0 Å². The molecular formula is C20H20N2O7. The van der Waals surface area contributed by atoms with Crippen molar-refractivity contribution in [2.75, 3.05) is 19.5 Å². The Balaban J connectivity index is 2.03. The minimum atomic E-state index is -1.17. The monoisotopic (exact) mass is 400 g/mol. The van der Waals surface area contributed by atoms with Crippen molar-refractivity contribution in [3.05, 3.63) is 64.2 Å². The summed E-state index contributed by atoms with van der Waals surface area (Å²) in [6.07, 6.45) is 1.45. The highest BCUT2D eigenvalue weighted by atomic mass is 16.6. The van der Waals surface area contributed by atoms with E-state index in [-0.39, 0.29) is 11.4 Å². The molecule has 0 saturated carbocycles. The lowest BCUT2D eigenvalue weighted by atomic mass is 10.1. The van der Waals surface area contributed by atoms with E-state index in [2.05, 4.69) is 5.32 Å². The molecule has 0 aliphatic heterocycles. The first-order valence-electron chi connectivity index (χ1n) is 8.51. The van der Waals surface area contributed by atoms with E-state index in [0.29, 0.717) is 17.1 Å². The molecule has 152 valence electrons. The van der Waals surface area contributed by atoms with Crippen LogP contribution >= 0.6 is 0 Å². The predicted octanol–water partition coefficient (Wildman–Crippen LogP) is 3.20. The van der Waals surface area contributed by atoms with Gasteiger partial charge in [-0.25, -0.2) is 4.79 Å². The van der Waals surface area contributed by atoms with Gasteiger partial charge in [0, 0.05) is 17.7 Å². The summed E-state index contributed by atoms with van der Waals surface area (Å²) in [5.41, 5.74) is 0.340. The largest absolute Gasteiger partial charge is 0.493 e. The zero-order valence-corrected chi connectivity index (χ0v) is 16.1. The SMILES string of the molecule is COc1cccc(/C=C/C(=O)O[C@H](C)C(=O)Nc2ccccc2[N+](=O)[O-])c1OC. The van der Waals surface area contributed by atoms with Crippen molar-refractivity contribution in [3.63, 3.8) is 0 Å². The van der Waals surface area contributed by atoms with Gasteiger partial charge in [-0.1, -0.05) is 24.3 Å². The van der Waals surface area contributed by atoms with Crippen LogP contribution in [0.15, 0.2) is 48.5 Å². The van der Waals surface area contributed by atoms with Crippen molar-refractivity contribution in [3.8, 4) is 11.5 Å². The standard InChI is InChI=1S/C20H20N2O7/c1-13(20(24)21-15-8-4-5-9-16(15)22(25)26)29-18(23)12-11-14-7-6-10-17(27-2)19(14)28-3/h4-13H,1-3H3,(H,21,24)/b12-11+/t13-/m1/s1. The van der Waals surface area contributed by atoms with E-state index in [1.54, 1.807) is 24.3 Å². The summed E-state index contributed by atoms with van der Waals surface area (Å²) in [5.74, 6) is -0.512. The van der Waals surface area contributed by atoms with Crippen LogP contribution in [0.1, 0.15) is 12.5 Å². The topological polar surface area (TPSA) is 117 Å². The summed E-state index contributed by atoms with van der Waals surface area (Å²) >= 11 is 0. The smallest absolute Gasteiger partial charge is 0.331 e. The van der Waals surface area contributed by atoms with Gasteiger partial charge in [-0.05, 0) is 25.1 Å². The highest BCUT2D eigenvalue weighted by molar-refractivity contribution is 5.98. The number of methoxy groups -OCH3 is 2. The number of rotatable bonds is 8. The molecule has 1 amide bonds. The molecule has 0 spiro atoms. The molecule has 0 heterocycles. The van der Waals surface area contributed by atoms with Crippen LogP contribution in [0.4, 0.5) is 11.4 Å². The maximum Gasteiger partial charge on any atom is 0.331 e. The summed E-state index contributed by atoms with van der Waals surface area (Å²) in [6, 6.07) is 10.8. The van der Waals surface area contributed by atoms with Crippen molar-refractivity contribution >= 4 is 29.3 Å². The van der Waals surface area contributed by atoms with Crippen LogP contribution in [0.3, 0.4) is 0 Å². The minimum Gasteiger partial charge on any atom is -0.493 e. The van der Waals surface area contributed by atoms with Gasteiger partial charge in [-0.3, -0.25) is 14.9 Å². The number of nitrogens with one attached hydrogen (secondary N) is 1. The van der Waals surface area contributed by atoms with Crippen LogP contribution in [-0.4, -0.2) is 37.1 Å². The average molecular weight is 400 g/mol. The molecule has 1 N–H and O–H groups in total. The molecule has 9 nitrogen and oxygen atoms in total. The van der Waals surface area contributed by atoms with E-state index in [1.165, 1.54) is 45.4 Å². The van der Waals surface area contributed by atoms with Gasteiger partial charge in [0.1, 0.15) is 5.69 Å². The Morgan fingerprint density at radius 2 is 1.83 bits per heavy atom. The zero-order chi connectivity index (χ0) is 21.4. The number of carbonyl (C=O) groups excluding carboxylic acids is 2. The molecule has 2 aromatic rings. The fourth-order valence-corrected chi connectivity index (χ4v) is 2.44. The quantitative estimate of drug-likeness (QED) is 0.313. The van der Waals surface area contributed by atoms with Gasteiger partial charge in [0.15, 0.2) is 17.6 Å². The first-order chi connectivity index (χ1) is 13.9. The molecule has 1 atom stereocenters. The second kappa shape index (κ2) is 9.88. The Labute approximate surface area is 167 Å². The van der Waals surface area contributed by atoms with Gasteiger partial charge < -0.3 is 19.5 Å². The first kappa shape index (κ1) is 21.4. The molecule has 0 aliphatic carbocycles. The molecule has 0 aliphatic rings. The molecular weight excluding hydrogens is 380 g/mol. The highest BCUT2D eigenvalue weighted by Gasteiger charge is 2.21. The van der Waals surface area contributed by atoms with Gasteiger partial charge in [0.25, 0.3) is 11.6 Å². The summed E-state index contributed by atoms with van der Waals surface area (Å²) in [6.45, 7) is 1.36. The van der Waals surface area contributed by atoms with Crippen molar-refractivity contribution in [2.24, 2.45) is 0 Å². The molecule has 0 radical (unpaired) electrons. The zero-order valence-electron chi connectivity index (χ0n) is 16.1. The van der Waals surface area contributed by atoms with Gasteiger partial charge in [-0.2, -0.15) is 0 Å². The Bertz CT molecular complexity index is 940. The molecule has 0 bridgehead atoms. The maximum atomic E-state index is 12.2. The fraction of sp³-hybridized carbons (Fsp3) is 0.200. The van der Waals surface area contributed by atoms with Gasteiger partial charge in [0.2, 0.25) is 0 Å². The number of hydrogen-bond donors (Lipinski definition) is 1. The van der Waals surface area contributed by atoms with E-state index in [9.17, 15) is 19.7 Å². The fourth-order valence-electron chi connectivity index (χ4n) is 2.44. The summed E-state index contributed by atoms with van der Waals surface area (Å²) < 4.78 is 15.5. The number of para-hydroxylation sites is 3. The normalized spacial score (nSPS) is 11.6. The van der Waals surface area contributed by atoms with Gasteiger partial charge >= 0.3 is 5.97 Å². The Kier molecular flexibility index (Phi) is 7.30. The molecule has 0 unspecified atom stereocenters. The highest BCUT2D eigenvalue weighted by Crippen LogP contribution is 2.31. The third-order valence-corrected chi connectivity index (χ3v) is 3.85. The van der Waals surface area contributed by atoms with Gasteiger partial charge in [0.05, 0.1) is 19.1 Å². The molecule has 0 saturated heterocycles. The number of benzene rings is 2. The Morgan fingerprint density at radius 3 is 2.48 bits per heavy atom. The predicted molar refractivity (Wildman–Crippen MR) is 106 cm³/mol. The molecule has 9 heteroatoms. The number of ether oxygens (including phenoxy) is 3. The summed E-state index contributed by atoms with van der Waals surface area (Å²) in [7, 11) is 2.97. The molecule has 29 heavy (non-hydrogen) atoms. The number of hydrogen-bond acceptors (Lipinski definition) is 7. The number of carbonyl (C=O) groups is 2. The van der Waals surface area contributed by atoms with E-state index in [1.807, 2.05) is 0 Å². The number of nitro benzene ring substituents is 1. The second-order valence-electron chi connectivity index (χ2n) is 5.76. The second-order valence-corrected chi connectivity index (χ2v) is 5.76. The lowest BCUT2D eigenvalue weighted by molar-refractivity contribution is -0.383. The van der Waals surface area contributed by atoms with E-state index >= 15 is 0 Å².